The Morgan fingerprint density at radius 2 is 1.64 bits per heavy atom. The Hall–Kier alpha value is -3.55. The molecule has 7 heteroatoms. The summed E-state index contributed by atoms with van der Waals surface area (Å²) in [5.74, 6) is 1.83. The molecule has 0 aliphatic heterocycles. The van der Waals surface area contributed by atoms with Crippen LogP contribution in [0.5, 0.6) is 5.88 Å². The van der Waals surface area contributed by atoms with Crippen molar-refractivity contribution in [2.45, 2.75) is 6.42 Å². The minimum atomic E-state index is 0.505. The fourth-order valence-corrected chi connectivity index (χ4v) is 4.99. The summed E-state index contributed by atoms with van der Waals surface area (Å²) >= 11 is 1.65. The maximum absolute atomic E-state index is 6.25. The van der Waals surface area contributed by atoms with Gasteiger partial charge in [0.2, 0.25) is 11.7 Å². The van der Waals surface area contributed by atoms with Crippen molar-refractivity contribution < 1.29 is 9.47 Å². The quantitative estimate of drug-likeness (QED) is 0.275. The number of rotatable bonds is 8. The van der Waals surface area contributed by atoms with Crippen molar-refractivity contribution in [3.05, 3.63) is 73.1 Å². The summed E-state index contributed by atoms with van der Waals surface area (Å²) in [6.45, 7) is 1.13. The topological polar surface area (TPSA) is 62.1 Å². The van der Waals surface area contributed by atoms with Crippen LogP contribution in [0.25, 0.3) is 43.4 Å². The summed E-state index contributed by atoms with van der Waals surface area (Å²) in [6, 6.07) is 20.8. The maximum atomic E-state index is 6.25. The van der Waals surface area contributed by atoms with E-state index in [4.69, 9.17) is 19.4 Å². The van der Waals surface area contributed by atoms with Gasteiger partial charge in [0.1, 0.15) is 4.83 Å². The Morgan fingerprint density at radius 1 is 0.909 bits per heavy atom. The molecular formula is C26H24N4O2S. The summed E-state index contributed by atoms with van der Waals surface area (Å²) in [5.41, 5.74) is 3.34. The maximum Gasteiger partial charge on any atom is 0.226 e. The number of thiophene rings is 1. The SMILES string of the molecule is COCCCOc1nc(-c2nccn2C)nc2sc(-c3ccccc3)c(-c3ccccc3)c12. The molecule has 0 amide bonds. The van der Waals surface area contributed by atoms with Crippen molar-refractivity contribution in [1.82, 2.24) is 19.5 Å². The van der Waals surface area contributed by atoms with Crippen LogP contribution in [0.4, 0.5) is 0 Å². The highest BCUT2D eigenvalue weighted by molar-refractivity contribution is 7.22. The molecule has 3 aromatic heterocycles. The van der Waals surface area contributed by atoms with Crippen molar-refractivity contribution in [2.24, 2.45) is 7.05 Å². The number of hydrogen-bond donors (Lipinski definition) is 0. The minimum absolute atomic E-state index is 0.505. The molecule has 2 aromatic carbocycles. The molecule has 0 N–H and O–H groups in total. The van der Waals surface area contributed by atoms with Gasteiger partial charge in [-0.2, -0.15) is 4.98 Å². The molecule has 33 heavy (non-hydrogen) atoms. The van der Waals surface area contributed by atoms with Gasteiger partial charge < -0.3 is 14.0 Å². The Balaban J connectivity index is 1.76. The Kier molecular flexibility index (Phi) is 6.15. The minimum Gasteiger partial charge on any atom is -0.477 e. The highest BCUT2D eigenvalue weighted by atomic mass is 32.1. The van der Waals surface area contributed by atoms with Gasteiger partial charge in [-0.25, -0.2) is 9.97 Å². The number of benzene rings is 2. The molecule has 5 aromatic rings. The summed E-state index contributed by atoms with van der Waals surface area (Å²) in [6.07, 6.45) is 4.42. The van der Waals surface area contributed by atoms with Gasteiger partial charge in [0, 0.05) is 50.0 Å². The molecule has 0 atom stereocenters. The largest absolute Gasteiger partial charge is 0.477 e. The number of methoxy groups -OCH3 is 1. The first-order valence-corrected chi connectivity index (χ1v) is 11.6. The van der Waals surface area contributed by atoms with Crippen LogP contribution in [0.1, 0.15) is 6.42 Å². The molecule has 0 fully saturated rings. The van der Waals surface area contributed by atoms with E-state index in [0.29, 0.717) is 30.7 Å². The smallest absolute Gasteiger partial charge is 0.226 e. The zero-order valence-electron chi connectivity index (χ0n) is 18.6. The zero-order valence-corrected chi connectivity index (χ0v) is 19.4. The van der Waals surface area contributed by atoms with Crippen LogP contribution >= 0.6 is 11.3 Å². The normalized spacial score (nSPS) is 11.2. The lowest BCUT2D eigenvalue weighted by Gasteiger charge is -2.11. The molecule has 0 unspecified atom stereocenters. The molecule has 166 valence electrons. The van der Waals surface area contributed by atoms with Gasteiger partial charge in [-0.05, 0) is 11.1 Å². The van der Waals surface area contributed by atoms with Crippen LogP contribution in [-0.4, -0.2) is 39.8 Å². The third-order valence-corrected chi connectivity index (χ3v) is 6.50. The number of fused-ring (bicyclic) bond motifs is 1. The van der Waals surface area contributed by atoms with Crippen LogP contribution in [0.2, 0.25) is 0 Å². The van der Waals surface area contributed by atoms with E-state index in [1.54, 1.807) is 24.6 Å². The second kappa shape index (κ2) is 9.52. The highest BCUT2D eigenvalue weighted by Gasteiger charge is 2.23. The Morgan fingerprint density at radius 3 is 2.30 bits per heavy atom. The first kappa shape index (κ1) is 21.3. The van der Waals surface area contributed by atoms with Crippen LogP contribution in [0, 0.1) is 0 Å². The van der Waals surface area contributed by atoms with E-state index in [9.17, 15) is 0 Å². The Bertz CT molecular complexity index is 1360. The summed E-state index contributed by atoms with van der Waals surface area (Å²) in [4.78, 5) is 16.3. The number of imidazole rings is 1. The van der Waals surface area contributed by atoms with Crippen molar-refractivity contribution in [2.75, 3.05) is 20.3 Å². The number of ether oxygens (including phenoxy) is 2. The monoisotopic (exact) mass is 456 g/mol. The van der Waals surface area contributed by atoms with Crippen LogP contribution in [0.3, 0.4) is 0 Å². The molecule has 5 rings (SSSR count). The third-order valence-electron chi connectivity index (χ3n) is 5.37. The lowest BCUT2D eigenvalue weighted by atomic mass is 10.00. The van der Waals surface area contributed by atoms with E-state index >= 15 is 0 Å². The number of aryl methyl sites for hydroxylation is 1. The molecule has 0 saturated heterocycles. The molecular weight excluding hydrogens is 432 g/mol. The average molecular weight is 457 g/mol. The number of hydrogen-bond acceptors (Lipinski definition) is 6. The van der Waals surface area contributed by atoms with Gasteiger partial charge in [-0.1, -0.05) is 60.7 Å². The predicted octanol–water partition coefficient (Wildman–Crippen LogP) is 5.84. The van der Waals surface area contributed by atoms with Crippen molar-refractivity contribution in [3.63, 3.8) is 0 Å². The van der Waals surface area contributed by atoms with E-state index < -0.39 is 0 Å². The van der Waals surface area contributed by atoms with E-state index in [2.05, 4.69) is 53.5 Å². The van der Waals surface area contributed by atoms with Gasteiger partial charge in [-0.3, -0.25) is 0 Å². The summed E-state index contributed by atoms with van der Waals surface area (Å²) in [5, 5.41) is 0.931. The van der Waals surface area contributed by atoms with Crippen LogP contribution in [-0.2, 0) is 11.8 Å². The van der Waals surface area contributed by atoms with Crippen LogP contribution < -0.4 is 4.74 Å². The van der Waals surface area contributed by atoms with Gasteiger partial charge in [0.25, 0.3) is 0 Å². The van der Waals surface area contributed by atoms with Gasteiger partial charge in [0.05, 0.1) is 12.0 Å². The van der Waals surface area contributed by atoms with Crippen molar-refractivity contribution in [3.8, 4) is 39.1 Å². The first-order chi connectivity index (χ1) is 16.3. The van der Waals surface area contributed by atoms with Crippen molar-refractivity contribution >= 4 is 21.6 Å². The second-order valence-corrected chi connectivity index (χ2v) is 8.63. The van der Waals surface area contributed by atoms with Gasteiger partial charge >= 0.3 is 0 Å². The standard InChI is InChI=1S/C26H24N4O2S/c1-30-15-14-27-24(30)23-28-25(32-17-9-16-31-2)21-20(18-10-5-3-6-11-18)22(33-26(21)29-23)19-12-7-4-8-13-19/h3-8,10-15H,9,16-17H2,1-2H3. The van der Waals surface area contributed by atoms with Crippen molar-refractivity contribution in [1.29, 1.82) is 0 Å². The van der Waals surface area contributed by atoms with E-state index in [0.717, 1.165) is 38.2 Å². The zero-order chi connectivity index (χ0) is 22.6. The lowest BCUT2D eigenvalue weighted by molar-refractivity contribution is 0.171. The lowest BCUT2D eigenvalue weighted by Crippen LogP contribution is -2.05. The van der Waals surface area contributed by atoms with E-state index in [-0.39, 0.29) is 0 Å². The molecule has 0 aliphatic carbocycles. The fourth-order valence-electron chi connectivity index (χ4n) is 3.80. The van der Waals surface area contributed by atoms with Crippen LogP contribution in [0.15, 0.2) is 73.1 Å². The third kappa shape index (κ3) is 4.25. The molecule has 3 heterocycles. The average Bonchev–Trinajstić information content (AvgIpc) is 3.46. The molecule has 0 bridgehead atoms. The summed E-state index contributed by atoms with van der Waals surface area (Å²) < 4.78 is 13.4. The first-order valence-electron chi connectivity index (χ1n) is 10.8. The molecule has 6 nitrogen and oxygen atoms in total. The molecule has 0 aliphatic rings. The van der Waals surface area contributed by atoms with Gasteiger partial charge in [-0.15, -0.1) is 11.3 Å². The molecule has 0 radical (unpaired) electrons. The Labute approximate surface area is 196 Å². The highest BCUT2D eigenvalue weighted by Crippen LogP contribution is 2.47. The van der Waals surface area contributed by atoms with E-state index in [1.807, 2.05) is 29.9 Å². The van der Waals surface area contributed by atoms with Gasteiger partial charge in [0.15, 0.2) is 5.82 Å². The number of aromatic nitrogens is 4. The fraction of sp³-hybridized carbons (Fsp3) is 0.192. The van der Waals surface area contributed by atoms with E-state index in [1.165, 1.54) is 0 Å². The number of nitrogens with zero attached hydrogens (tertiary/aromatic N) is 4. The predicted molar refractivity (Wildman–Crippen MR) is 132 cm³/mol. The molecule has 0 spiro atoms. The summed E-state index contributed by atoms with van der Waals surface area (Å²) in [7, 11) is 3.63. The second-order valence-electron chi connectivity index (χ2n) is 7.63. The molecule has 0 saturated carbocycles.